The lowest BCUT2D eigenvalue weighted by atomic mass is 9.91. The normalized spacial score (nSPS) is 20.6. The molecular weight excluding hydrogens is 333 g/mol. The number of halogens is 2. The Kier molecular flexibility index (Phi) is 3.89. The minimum Gasteiger partial charge on any atom is -0.493 e. The number of fused-ring (bicyclic) bond motifs is 1. The molecule has 110 valence electrons. The van der Waals surface area contributed by atoms with Crippen molar-refractivity contribution in [1.82, 2.24) is 0 Å². The van der Waals surface area contributed by atoms with Crippen LogP contribution in [-0.2, 0) is 0 Å². The molecule has 0 saturated heterocycles. The third kappa shape index (κ3) is 2.77. The third-order valence-electron chi connectivity index (χ3n) is 3.90. The van der Waals surface area contributed by atoms with Crippen molar-refractivity contribution in [1.29, 1.82) is 0 Å². The second-order valence-corrected chi connectivity index (χ2v) is 6.38. The fourth-order valence-corrected chi connectivity index (χ4v) is 3.03. The molecule has 0 aromatic heterocycles. The van der Waals surface area contributed by atoms with E-state index in [0.29, 0.717) is 17.0 Å². The summed E-state index contributed by atoms with van der Waals surface area (Å²) in [6.45, 7) is 4.74. The van der Waals surface area contributed by atoms with E-state index in [1.165, 1.54) is 0 Å². The number of ether oxygens (including phenoxy) is 1. The zero-order valence-electron chi connectivity index (χ0n) is 12.0. The summed E-state index contributed by atoms with van der Waals surface area (Å²) in [5.41, 5.74) is 2.99. The van der Waals surface area contributed by atoms with Gasteiger partial charge in [-0.2, -0.15) is 0 Å². The van der Waals surface area contributed by atoms with Gasteiger partial charge in [-0.15, -0.1) is 0 Å². The zero-order chi connectivity index (χ0) is 15.0. The quantitative estimate of drug-likeness (QED) is 0.816. The molecule has 0 fully saturated rings. The highest BCUT2D eigenvalue weighted by Crippen LogP contribution is 2.38. The van der Waals surface area contributed by atoms with Crippen molar-refractivity contribution in [2.45, 2.75) is 19.9 Å². The van der Waals surface area contributed by atoms with Crippen molar-refractivity contribution in [2.75, 3.05) is 11.9 Å². The number of nitrogens with one attached hydrogen (secondary N) is 1. The van der Waals surface area contributed by atoms with Gasteiger partial charge in [0.15, 0.2) is 0 Å². The van der Waals surface area contributed by atoms with Gasteiger partial charge < -0.3 is 10.1 Å². The predicted molar refractivity (Wildman–Crippen MR) is 86.3 cm³/mol. The molecule has 2 aromatic rings. The third-order valence-corrected chi connectivity index (χ3v) is 4.51. The number of aryl methyl sites for hydroxylation is 1. The lowest BCUT2D eigenvalue weighted by Crippen LogP contribution is -2.29. The van der Waals surface area contributed by atoms with Gasteiger partial charge in [0.2, 0.25) is 0 Å². The Hall–Kier alpha value is -1.55. The fraction of sp³-hybridized carbons (Fsp3) is 0.294. The number of anilines is 1. The highest BCUT2D eigenvalue weighted by atomic mass is 79.9. The second kappa shape index (κ2) is 5.68. The average molecular weight is 350 g/mol. The standard InChI is InChI=1S/C17H17BrFNO/c1-10-7-14(19)13(18)8-15(10)20-17-11(2)9-21-16-6-4-3-5-12(16)17/h3-8,11,17,20H,9H2,1-2H3. The van der Waals surface area contributed by atoms with Gasteiger partial charge in [0.1, 0.15) is 11.6 Å². The van der Waals surface area contributed by atoms with E-state index < -0.39 is 0 Å². The molecule has 2 atom stereocenters. The van der Waals surface area contributed by atoms with Gasteiger partial charge in [0, 0.05) is 17.2 Å². The molecule has 1 N–H and O–H groups in total. The molecule has 0 bridgehead atoms. The summed E-state index contributed by atoms with van der Waals surface area (Å²) < 4.78 is 19.8. The van der Waals surface area contributed by atoms with Crippen LogP contribution in [0.2, 0.25) is 0 Å². The average Bonchev–Trinajstić information content (AvgIpc) is 2.47. The Morgan fingerprint density at radius 3 is 2.86 bits per heavy atom. The summed E-state index contributed by atoms with van der Waals surface area (Å²) in [4.78, 5) is 0. The maximum Gasteiger partial charge on any atom is 0.137 e. The van der Waals surface area contributed by atoms with Crippen LogP contribution in [0.1, 0.15) is 24.1 Å². The van der Waals surface area contributed by atoms with E-state index in [-0.39, 0.29) is 11.9 Å². The molecule has 2 unspecified atom stereocenters. The van der Waals surface area contributed by atoms with Crippen molar-refractivity contribution in [2.24, 2.45) is 5.92 Å². The van der Waals surface area contributed by atoms with Crippen LogP contribution in [0.25, 0.3) is 0 Å². The van der Waals surface area contributed by atoms with E-state index in [1.54, 1.807) is 12.1 Å². The molecule has 2 nitrogen and oxygen atoms in total. The molecule has 0 amide bonds. The molecule has 0 radical (unpaired) electrons. The first-order valence-corrected chi connectivity index (χ1v) is 7.79. The molecule has 0 spiro atoms. The van der Waals surface area contributed by atoms with Crippen LogP contribution < -0.4 is 10.1 Å². The lowest BCUT2D eigenvalue weighted by Gasteiger charge is -2.33. The van der Waals surface area contributed by atoms with Crippen LogP contribution in [0.5, 0.6) is 5.75 Å². The molecular formula is C17H17BrFNO. The Bertz CT molecular complexity index is 674. The Morgan fingerprint density at radius 2 is 2.05 bits per heavy atom. The molecule has 1 heterocycles. The van der Waals surface area contributed by atoms with Gasteiger partial charge in [0.25, 0.3) is 0 Å². The summed E-state index contributed by atoms with van der Waals surface area (Å²) in [7, 11) is 0. The van der Waals surface area contributed by atoms with Crippen LogP contribution >= 0.6 is 15.9 Å². The first-order valence-electron chi connectivity index (χ1n) is 7.00. The van der Waals surface area contributed by atoms with Crippen LogP contribution in [0.3, 0.4) is 0 Å². The van der Waals surface area contributed by atoms with Crippen molar-refractivity contribution >= 4 is 21.6 Å². The van der Waals surface area contributed by atoms with Crippen molar-refractivity contribution < 1.29 is 9.13 Å². The van der Waals surface area contributed by atoms with Crippen LogP contribution in [0, 0.1) is 18.7 Å². The van der Waals surface area contributed by atoms with Gasteiger partial charge in [-0.1, -0.05) is 25.1 Å². The highest BCUT2D eigenvalue weighted by Gasteiger charge is 2.28. The molecule has 4 heteroatoms. The summed E-state index contributed by atoms with van der Waals surface area (Å²) in [5, 5.41) is 3.55. The first-order chi connectivity index (χ1) is 10.1. The van der Waals surface area contributed by atoms with E-state index in [4.69, 9.17) is 4.74 Å². The summed E-state index contributed by atoms with van der Waals surface area (Å²) in [6.07, 6.45) is 0. The summed E-state index contributed by atoms with van der Waals surface area (Å²) in [6, 6.07) is 11.6. The summed E-state index contributed by atoms with van der Waals surface area (Å²) >= 11 is 3.25. The second-order valence-electron chi connectivity index (χ2n) is 5.53. The topological polar surface area (TPSA) is 21.3 Å². The molecule has 21 heavy (non-hydrogen) atoms. The van der Waals surface area contributed by atoms with E-state index in [9.17, 15) is 4.39 Å². The van der Waals surface area contributed by atoms with Gasteiger partial charge in [-0.25, -0.2) is 4.39 Å². The summed E-state index contributed by atoms with van der Waals surface area (Å²) in [5.74, 6) is 1.02. The van der Waals surface area contributed by atoms with Gasteiger partial charge in [-0.05, 0) is 46.6 Å². The fourth-order valence-electron chi connectivity index (χ4n) is 2.68. The van der Waals surface area contributed by atoms with E-state index in [0.717, 1.165) is 22.6 Å². The highest BCUT2D eigenvalue weighted by molar-refractivity contribution is 9.10. The lowest BCUT2D eigenvalue weighted by molar-refractivity contribution is 0.214. The monoisotopic (exact) mass is 349 g/mol. The van der Waals surface area contributed by atoms with Crippen molar-refractivity contribution in [3.05, 3.63) is 57.8 Å². The maximum atomic E-state index is 13.6. The SMILES string of the molecule is Cc1cc(F)c(Br)cc1NC1c2ccccc2OCC1C. The van der Waals surface area contributed by atoms with Gasteiger partial charge >= 0.3 is 0 Å². The molecule has 1 aliphatic heterocycles. The smallest absolute Gasteiger partial charge is 0.137 e. The minimum atomic E-state index is -0.238. The molecule has 0 saturated carbocycles. The van der Waals surface area contributed by atoms with E-state index in [1.807, 2.05) is 25.1 Å². The molecule has 3 rings (SSSR count). The van der Waals surface area contributed by atoms with E-state index >= 15 is 0 Å². The Morgan fingerprint density at radius 1 is 1.29 bits per heavy atom. The Balaban J connectivity index is 1.96. The number of rotatable bonds is 2. The number of hydrogen-bond acceptors (Lipinski definition) is 2. The largest absolute Gasteiger partial charge is 0.493 e. The zero-order valence-corrected chi connectivity index (χ0v) is 13.6. The maximum absolute atomic E-state index is 13.6. The predicted octanol–water partition coefficient (Wildman–Crippen LogP) is 5.08. The number of para-hydroxylation sites is 1. The molecule has 1 aliphatic rings. The Labute approximate surface area is 132 Å². The molecule has 0 aliphatic carbocycles. The van der Waals surface area contributed by atoms with Crippen molar-refractivity contribution in [3.63, 3.8) is 0 Å². The van der Waals surface area contributed by atoms with Gasteiger partial charge in [0.05, 0.1) is 17.1 Å². The van der Waals surface area contributed by atoms with Gasteiger partial charge in [-0.3, -0.25) is 0 Å². The first kappa shape index (κ1) is 14.4. The number of benzene rings is 2. The number of hydrogen-bond donors (Lipinski definition) is 1. The van der Waals surface area contributed by atoms with Crippen LogP contribution in [-0.4, -0.2) is 6.61 Å². The van der Waals surface area contributed by atoms with Crippen LogP contribution in [0.4, 0.5) is 10.1 Å². The van der Waals surface area contributed by atoms with Crippen molar-refractivity contribution in [3.8, 4) is 5.75 Å². The molecule has 2 aromatic carbocycles. The van der Waals surface area contributed by atoms with E-state index in [2.05, 4.69) is 34.2 Å². The van der Waals surface area contributed by atoms with Crippen LogP contribution in [0.15, 0.2) is 40.9 Å². The minimum absolute atomic E-state index is 0.158.